The van der Waals surface area contributed by atoms with Crippen LogP contribution >= 0.6 is 11.6 Å². The van der Waals surface area contributed by atoms with Crippen molar-refractivity contribution in [3.8, 4) is 0 Å². The van der Waals surface area contributed by atoms with Crippen molar-refractivity contribution < 1.29 is 4.79 Å². The van der Waals surface area contributed by atoms with E-state index in [9.17, 15) is 4.79 Å². The highest BCUT2D eigenvalue weighted by Crippen LogP contribution is 2.29. The van der Waals surface area contributed by atoms with Crippen molar-refractivity contribution >= 4 is 28.9 Å². The summed E-state index contributed by atoms with van der Waals surface area (Å²) in [4.78, 5) is 13.9. The van der Waals surface area contributed by atoms with Crippen molar-refractivity contribution in [3.63, 3.8) is 0 Å². The topological polar surface area (TPSA) is 32.3 Å². The SMILES string of the molecule is CN(C)c1ccc(Cl)cc1NC(=O)CC(C)(C)C. The van der Waals surface area contributed by atoms with Crippen LogP contribution in [0.3, 0.4) is 0 Å². The van der Waals surface area contributed by atoms with E-state index in [1.54, 1.807) is 6.07 Å². The molecule has 0 aromatic heterocycles. The molecule has 0 saturated heterocycles. The molecule has 1 aromatic carbocycles. The summed E-state index contributed by atoms with van der Waals surface area (Å²) in [7, 11) is 3.87. The van der Waals surface area contributed by atoms with E-state index in [1.165, 1.54) is 0 Å². The lowest BCUT2D eigenvalue weighted by Gasteiger charge is -2.21. The number of benzene rings is 1. The van der Waals surface area contributed by atoms with Crippen molar-refractivity contribution in [1.82, 2.24) is 0 Å². The minimum absolute atomic E-state index is 0.00728. The fourth-order valence-corrected chi connectivity index (χ4v) is 1.85. The molecule has 3 nitrogen and oxygen atoms in total. The highest BCUT2D eigenvalue weighted by Gasteiger charge is 2.17. The van der Waals surface area contributed by atoms with Crippen LogP contribution < -0.4 is 10.2 Å². The first-order valence-corrected chi connectivity index (χ1v) is 6.33. The quantitative estimate of drug-likeness (QED) is 0.905. The Balaban J connectivity index is 2.89. The number of nitrogens with zero attached hydrogens (tertiary/aromatic N) is 1. The molecule has 0 spiro atoms. The zero-order chi connectivity index (χ0) is 13.9. The number of halogens is 1. The van der Waals surface area contributed by atoms with Crippen LogP contribution in [-0.2, 0) is 4.79 Å². The maximum absolute atomic E-state index is 11.9. The van der Waals surface area contributed by atoms with E-state index in [0.29, 0.717) is 11.4 Å². The van der Waals surface area contributed by atoms with E-state index in [0.717, 1.165) is 11.4 Å². The Kier molecular flexibility index (Phi) is 4.63. The van der Waals surface area contributed by atoms with Crippen molar-refractivity contribution in [2.75, 3.05) is 24.3 Å². The van der Waals surface area contributed by atoms with E-state index in [1.807, 2.05) is 51.9 Å². The summed E-state index contributed by atoms with van der Waals surface area (Å²) in [6.07, 6.45) is 0.479. The minimum Gasteiger partial charge on any atom is -0.376 e. The van der Waals surface area contributed by atoms with Crippen LogP contribution in [0.25, 0.3) is 0 Å². The molecule has 0 saturated carbocycles. The van der Waals surface area contributed by atoms with E-state index in [-0.39, 0.29) is 11.3 Å². The van der Waals surface area contributed by atoms with Gasteiger partial charge in [-0.1, -0.05) is 32.4 Å². The lowest BCUT2D eigenvalue weighted by atomic mass is 9.92. The summed E-state index contributed by atoms with van der Waals surface area (Å²) < 4.78 is 0. The van der Waals surface area contributed by atoms with Gasteiger partial charge in [0, 0.05) is 25.5 Å². The van der Waals surface area contributed by atoms with Crippen LogP contribution in [0.2, 0.25) is 5.02 Å². The molecular weight excluding hydrogens is 248 g/mol. The van der Waals surface area contributed by atoms with Crippen LogP contribution in [0, 0.1) is 5.41 Å². The maximum atomic E-state index is 11.9. The largest absolute Gasteiger partial charge is 0.376 e. The monoisotopic (exact) mass is 268 g/mol. The molecule has 1 rings (SSSR count). The molecule has 0 heterocycles. The van der Waals surface area contributed by atoms with Crippen molar-refractivity contribution in [2.24, 2.45) is 5.41 Å². The van der Waals surface area contributed by atoms with Gasteiger partial charge in [-0.2, -0.15) is 0 Å². The molecule has 18 heavy (non-hydrogen) atoms. The zero-order valence-corrected chi connectivity index (χ0v) is 12.4. The molecule has 1 aromatic rings. The highest BCUT2D eigenvalue weighted by atomic mass is 35.5. The number of anilines is 2. The van der Waals surface area contributed by atoms with Gasteiger partial charge in [0.25, 0.3) is 0 Å². The number of rotatable bonds is 3. The molecule has 100 valence electrons. The fraction of sp³-hybridized carbons (Fsp3) is 0.500. The lowest BCUT2D eigenvalue weighted by Crippen LogP contribution is -2.21. The van der Waals surface area contributed by atoms with E-state index >= 15 is 0 Å². The van der Waals surface area contributed by atoms with Crippen LogP contribution in [0.1, 0.15) is 27.2 Å². The van der Waals surface area contributed by atoms with Crippen LogP contribution in [0.5, 0.6) is 0 Å². The zero-order valence-electron chi connectivity index (χ0n) is 11.7. The Bertz CT molecular complexity index is 436. The second kappa shape index (κ2) is 5.61. The van der Waals surface area contributed by atoms with E-state index in [4.69, 9.17) is 11.6 Å². The molecule has 0 aliphatic carbocycles. The Labute approximate surface area is 114 Å². The molecule has 0 fully saturated rings. The van der Waals surface area contributed by atoms with Crippen molar-refractivity contribution in [2.45, 2.75) is 27.2 Å². The third-order valence-electron chi connectivity index (χ3n) is 2.41. The van der Waals surface area contributed by atoms with E-state index in [2.05, 4.69) is 5.32 Å². The van der Waals surface area contributed by atoms with Crippen molar-refractivity contribution in [1.29, 1.82) is 0 Å². The summed E-state index contributed by atoms with van der Waals surface area (Å²) in [5, 5.41) is 3.54. The average molecular weight is 269 g/mol. The van der Waals surface area contributed by atoms with Gasteiger partial charge in [0.05, 0.1) is 11.4 Å². The van der Waals surface area contributed by atoms with Gasteiger partial charge in [0.1, 0.15) is 0 Å². The number of carbonyl (C=O) groups excluding carboxylic acids is 1. The Morgan fingerprint density at radius 2 is 1.94 bits per heavy atom. The molecule has 0 unspecified atom stereocenters. The van der Waals surface area contributed by atoms with Gasteiger partial charge < -0.3 is 10.2 Å². The molecule has 0 atom stereocenters. The van der Waals surface area contributed by atoms with Crippen molar-refractivity contribution in [3.05, 3.63) is 23.2 Å². The second-order valence-electron chi connectivity index (χ2n) is 5.84. The standard InChI is InChI=1S/C14H21ClN2O/c1-14(2,3)9-13(18)16-11-8-10(15)6-7-12(11)17(4)5/h6-8H,9H2,1-5H3,(H,16,18). The maximum Gasteiger partial charge on any atom is 0.224 e. The summed E-state index contributed by atoms with van der Waals surface area (Å²) in [5.74, 6) is 0.00728. The molecular formula is C14H21ClN2O. The molecule has 1 N–H and O–H groups in total. The lowest BCUT2D eigenvalue weighted by molar-refractivity contribution is -0.117. The predicted molar refractivity (Wildman–Crippen MR) is 78.5 cm³/mol. The summed E-state index contributed by atoms with van der Waals surface area (Å²) in [6, 6.07) is 5.49. The van der Waals surface area contributed by atoms with Crippen LogP contribution in [0.4, 0.5) is 11.4 Å². The number of nitrogens with one attached hydrogen (secondary N) is 1. The van der Waals surface area contributed by atoms with Gasteiger partial charge in [0.15, 0.2) is 0 Å². The molecule has 4 heteroatoms. The first-order chi connectivity index (χ1) is 8.19. The molecule has 0 radical (unpaired) electrons. The number of amides is 1. The summed E-state index contributed by atoms with van der Waals surface area (Å²) in [5.41, 5.74) is 1.67. The van der Waals surface area contributed by atoms with Gasteiger partial charge in [-0.3, -0.25) is 4.79 Å². The van der Waals surface area contributed by atoms with Gasteiger partial charge in [-0.15, -0.1) is 0 Å². The smallest absolute Gasteiger partial charge is 0.224 e. The highest BCUT2D eigenvalue weighted by molar-refractivity contribution is 6.31. The Hall–Kier alpha value is -1.22. The number of hydrogen-bond acceptors (Lipinski definition) is 2. The van der Waals surface area contributed by atoms with E-state index < -0.39 is 0 Å². The van der Waals surface area contributed by atoms with Gasteiger partial charge in [-0.05, 0) is 23.6 Å². The second-order valence-corrected chi connectivity index (χ2v) is 6.28. The fourth-order valence-electron chi connectivity index (χ4n) is 1.67. The predicted octanol–water partition coefficient (Wildman–Crippen LogP) is 3.78. The first kappa shape index (κ1) is 14.8. The van der Waals surface area contributed by atoms with Crippen LogP contribution in [-0.4, -0.2) is 20.0 Å². The minimum atomic E-state index is -0.0268. The number of hydrogen-bond donors (Lipinski definition) is 1. The summed E-state index contributed by atoms with van der Waals surface area (Å²) in [6.45, 7) is 6.12. The van der Waals surface area contributed by atoms with Gasteiger partial charge >= 0.3 is 0 Å². The third kappa shape index (κ3) is 4.57. The molecule has 0 bridgehead atoms. The normalized spacial score (nSPS) is 11.2. The van der Waals surface area contributed by atoms with Gasteiger partial charge in [-0.25, -0.2) is 0 Å². The average Bonchev–Trinajstić information content (AvgIpc) is 2.13. The number of carbonyl (C=O) groups is 1. The molecule has 0 aliphatic rings. The van der Waals surface area contributed by atoms with Gasteiger partial charge in [0.2, 0.25) is 5.91 Å². The summed E-state index contributed by atoms with van der Waals surface area (Å²) >= 11 is 5.97. The van der Waals surface area contributed by atoms with Crippen LogP contribution in [0.15, 0.2) is 18.2 Å². The first-order valence-electron chi connectivity index (χ1n) is 5.96. The molecule has 0 aliphatic heterocycles. The third-order valence-corrected chi connectivity index (χ3v) is 2.64. The molecule has 1 amide bonds. The Morgan fingerprint density at radius 3 is 2.44 bits per heavy atom. The Morgan fingerprint density at radius 1 is 1.33 bits per heavy atom.